The van der Waals surface area contributed by atoms with Crippen LogP contribution in [0.4, 0.5) is 11.6 Å². The third-order valence-corrected chi connectivity index (χ3v) is 5.07. The van der Waals surface area contributed by atoms with Crippen molar-refractivity contribution < 1.29 is 4.74 Å². The summed E-state index contributed by atoms with van der Waals surface area (Å²) in [7, 11) is 0. The third kappa shape index (κ3) is 6.52. The van der Waals surface area contributed by atoms with E-state index in [1.165, 1.54) is 49.6 Å². The molecular formula is C20H29N5OS. The van der Waals surface area contributed by atoms with Gasteiger partial charge in [0.2, 0.25) is 0 Å². The molecule has 2 aromatic rings. The lowest BCUT2D eigenvalue weighted by molar-refractivity contribution is 0.220. The Morgan fingerprint density at radius 2 is 1.96 bits per heavy atom. The predicted molar refractivity (Wildman–Crippen MR) is 113 cm³/mol. The summed E-state index contributed by atoms with van der Waals surface area (Å²) in [6, 6.07) is 8.49. The molecule has 3 rings (SSSR count). The van der Waals surface area contributed by atoms with Gasteiger partial charge in [0.05, 0.1) is 18.3 Å². The molecule has 1 aromatic carbocycles. The Bertz CT molecular complexity index is 699. The van der Waals surface area contributed by atoms with Gasteiger partial charge in [0.15, 0.2) is 11.6 Å². The first kappa shape index (κ1) is 19.6. The summed E-state index contributed by atoms with van der Waals surface area (Å²) < 4.78 is 14.4. The van der Waals surface area contributed by atoms with E-state index in [4.69, 9.17) is 4.74 Å². The Morgan fingerprint density at radius 3 is 2.78 bits per heavy atom. The second kappa shape index (κ2) is 10.9. The van der Waals surface area contributed by atoms with E-state index in [0.717, 1.165) is 36.9 Å². The van der Waals surface area contributed by atoms with Crippen molar-refractivity contribution in [3.05, 3.63) is 42.5 Å². The molecule has 0 aliphatic carbocycles. The highest BCUT2D eigenvalue weighted by atomic mass is 32.1. The molecule has 0 radical (unpaired) electrons. The summed E-state index contributed by atoms with van der Waals surface area (Å²) in [5.41, 5.74) is 1.33. The fraction of sp³-hybridized carbons (Fsp3) is 0.500. The van der Waals surface area contributed by atoms with Gasteiger partial charge >= 0.3 is 0 Å². The first-order valence-electron chi connectivity index (χ1n) is 9.70. The van der Waals surface area contributed by atoms with Gasteiger partial charge in [-0.05, 0) is 50.0 Å². The maximum atomic E-state index is 5.93. The molecule has 0 amide bonds. The minimum atomic E-state index is 0.674. The summed E-state index contributed by atoms with van der Waals surface area (Å²) in [5, 5.41) is 6.48. The van der Waals surface area contributed by atoms with Crippen molar-refractivity contribution in [3.63, 3.8) is 0 Å². The number of benzene rings is 1. The molecule has 1 fully saturated rings. The van der Waals surface area contributed by atoms with E-state index in [-0.39, 0.29) is 0 Å². The number of likely N-dealkylation sites (tertiary alicyclic amines) is 1. The van der Waals surface area contributed by atoms with E-state index in [0.29, 0.717) is 13.2 Å². The molecule has 2 heterocycles. The second-order valence-corrected chi connectivity index (χ2v) is 7.27. The molecule has 146 valence electrons. The third-order valence-electron chi connectivity index (χ3n) is 4.54. The minimum absolute atomic E-state index is 0.674. The van der Waals surface area contributed by atoms with Crippen LogP contribution in [0.25, 0.3) is 0 Å². The predicted octanol–water partition coefficient (Wildman–Crippen LogP) is 4.00. The van der Waals surface area contributed by atoms with Gasteiger partial charge in [-0.25, -0.2) is 0 Å². The molecular weight excluding hydrogens is 358 g/mol. The zero-order chi connectivity index (χ0) is 18.7. The first-order valence-corrected chi connectivity index (χ1v) is 10.4. The molecule has 7 heteroatoms. The smallest absolute Gasteiger partial charge is 0.184 e. The largest absolute Gasteiger partial charge is 0.494 e. The SMILES string of the molecule is C=CCNc1nsnc1NCCCOc1cccc(CN2CCCCC2)c1. The number of anilines is 2. The summed E-state index contributed by atoms with van der Waals surface area (Å²) in [6.45, 7) is 9.29. The average molecular weight is 388 g/mol. The van der Waals surface area contributed by atoms with Gasteiger partial charge in [-0.1, -0.05) is 24.6 Å². The Morgan fingerprint density at radius 1 is 1.15 bits per heavy atom. The van der Waals surface area contributed by atoms with E-state index in [1.54, 1.807) is 6.08 Å². The van der Waals surface area contributed by atoms with Gasteiger partial charge < -0.3 is 15.4 Å². The standard InChI is InChI=1S/C20H29N5OS/c1-2-10-21-19-20(24-27-23-19)22-11-7-14-26-18-9-6-8-17(15-18)16-25-12-4-3-5-13-25/h2,6,8-9,15H,1,3-5,7,10-14,16H2,(H,21,23)(H,22,24). The summed E-state index contributed by atoms with van der Waals surface area (Å²) in [6.07, 6.45) is 6.71. The number of nitrogens with zero attached hydrogens (tertiary/aromatic N) is 3. The maximum absolute atomic E-state index is 5.93. The molecule has 0 saturated carbocycles. The number of piperidine rings is 1. The number of aromatic nitrogens is 2. The molecule has 1 aliphatic heterocycles. The van der Waals surface area contributed by atoms with Crippen LogP contribution in [0.1, 0.15) is 31.2 Å². The van der Waals surface area contributed by atoms with Crippen LogP contribution in [-0.4, -0.2) is 46.4 Å². The molecule has 2 N–H and O–H groups in total. The normalized spacial score (nSPS) is 14.7. The van der Waals surface area contributed by atoms with Crippen molar-refractivity contribution in [1.29, 1.82) is 0 Å². The lowest BCUT2D eigenvalue weighted by Gasteiger charge is -2.26. The van der Waals surface area contributed by atoms with Crippen LogP contribution in [-0.2, 0) is 6.54 Å². The molecule has 6 nitrogen and oxygen atoms in total. The number of hydrogen-bond acceptors (Lipinski definition) is 7. The Hall–Kier alpha value is -2.12. The molecule has 1 aromatic heterocycles. The van der Waals surface area contributed by atoms with E-state index < -0.39 is 0 Å². The van der Waals surface area contributed by atoms with Gasteiger partial charge in [-0.15, -0.1) is 6.58 Å². The molecule has 0 unspecified atom stereocenters. The van der Waals surface area contributed by atoms with E-state index in [1.807, 2.05) is 6.07 Å². The highest BCUT2D eigenvalue weighted by molar-refractivity contribution is 6.99. The van der Waals surface area contributed by atoms with Crippen LogP contribution in [0.2, 0.25) is 0 Å². The number of nitrogens with one attached hydrogen (secondary N) is 2. The minimum Gasteiger partial charge on any atom is -0.494 e. The Kier molecular flexibility index (Phi) is 7.92. The van der Waals surface area contributed by atoms with Crippen molar-refractivity contribution in [3.8, 4) is 5.75 Å². The van der Waals surface area contributed by atoms with Crippen LogP contribution >= 0.6 is 11.7 Å². The molecule has 1 saturated heterocycles. The fourth-order valence-corrected chi connectivity index (χ4v) is 3.67. The average Bonchev–Trinajstić information content (AvgIpc) is 3.14. The van der Waals surface area contributed by atoms with Crippen molar-refractivity contribution >= 4 is 23.4 Å². The van der Waals surface area contributed by atoms with Gasteiger partial charge in [-0.3, -0.25) is 4.90 Å². The lowest BCUT2D eigenvalue weighted by Crippen LogP contribution is -2.29. The van der Waals surface area contributed by atoms with Crippen LogP contribution in [0.3, 0.4) is 0 Å². The van der Waals surface area contributed by atoms with Crippen molar-refractivity contribution in [1.82, 2.24) is 13.6 Å². The highest BCUT2D eigenvalue weighted by Gasteiger charge is 2.10. The quantitative estimate of drug-likeness (QED) is 0.449. The number of hydrogen-bond donors (Lipinski definition) is 2. The molecule has 27 heavy (non-hydrogen) atoms. The van der Waals surface area contributed by atoms with E-state index in [2.05, 4.69) is 49.1 Å². The first-order chi connectivity index (χ1) is 13.3. The van der Waals surface area contributed by atoms with Gasteiger partial charge in [0.25, 0.3) is 0 Å². The maximum Gasteiger partial charge on any atom is 0.184 e. The van der Waals surface area contributed by atoms with Crippen molar-refractivity contribution in [2.75, 3.05) is 43.4 Å². The molecule has 0 bridgehead atoms. The molecule has 0 atom stereocenters. The van der Waals surface area contributed by atoms with Crippen LogP contribution in [0.15, 0.2) is 36.9 Å². The van der Waals surface area contributed by atoms with Crippen LogP contribution in [0, 0.1) is 0 Å². The van der Waals surface area contributed by atoms with Gasteiger partial charge in [0, 0.05) is 19.6 Å². The second-order valence-electron chi connectivity index (χ2n) is 6.74. The fourth-order valence-electron chi connectivity index (χ4n) is 3.17. The zero-order valence-corrected chi connectivity index (χ0v) is 16.6. The van der Waals surface area contributed by atoms with Crippen molar-refractivity contribution in [2.45, 2.75) is 32.2 Å². The van der Waals surface area contributed by atoms with Crippen LogP contribution < -0.4 is 15.4 Å². The lowest BCUT2D eigenvalue weighted by atomic mass is 10.1. The van der Waals surface area contributed by atoms with Gasteiger partial charge in [0.1, 0.15) is 5.75 Å². The number of ether oxygens (including phenoxy) is 1. The molecule has 0 spiro atoms. The Labute approximate surface area is 166 Å². The monoisotopic (exact) mass is 387 g/mol. The van der Waals surface area contributed by atoms with Crippen molar-refractivity contribution in [2.24, 2.45) is 0 Å². The molecule has 1 aliphatic rings. The van der Waals surface area contributed by atoms with Gasteiger partial charge in [-0.2, -0.15) is 8.75 Å². The van der Waals surface area contributed by atoms with Crippen LogP contribution in [0.5, 0.6) is 5.75 Å². The zero-order valence-electron chi connectivity index (χ0n) is 15.8. The summed E-state index contributed by atoms with van der Waals surface area (Å²) in [5.74, 6) is 2.53. The Balaban J connectivity index is 1.37. The van der Waals surface area contributed by atoms with E-state index >= 15 is 0 Å². The highest BCUT2D eigenvalue weighted by Crippen LogP contribution is 2.19. The topological polar surface area (TPSA) is 62.3 Å². The summed E-state index contributed by atoms with van der Waals surface area (Å²) >= 11 is 1.20. The van der Waals surface area contributed by atoms with E-state index in [9.17, 15) is 0 Å². The summed E-state index contributed by atoms with van der Waals surface area (Å²) in [4.78, 5) is 2.53. The number of rotatable bonds is 11.